The predicted octanol–water partition coefficient (Wildman–Crippen LogP) is 5.81. The van der Waals surface area contributed by atoms with Crippen molar-refractivity contribution in [2.75, 3.05) is 24.4 Å². The highest BCUT2D eigenvalue weighted by atomic mass is 32.1. The minimum absolute atomic E-state index is 0.104. The maximum atomic E-state index is 12.7. The average molecular weight is 584 g/mol. The standard InChI is InChI=1S/C32H33N5O4S/c1-6-28(38)34-24-15-14-21(18-27(24)40-4)37-30(29(35-32(37)42)25-12-9-10-16-33-25)23-17-19(2)36(20(23)3)26-13-8-7-11-22(26)31(39)41-5/h7-18,29-30H,6H2,1-5H3,(H,34,38)(H,35,42)/t29-,30-/m0/s1. The second kappa shape index (κ2) is 12.0. The fourth-order valence-corrected chi connectivity index (χ4v) is 5.88. The molecule has 0 bridgehead atoms. The van der Waals surface area contributed by atoms with Crippen LogP contribution in [-0.2, 0) is 9.53 Å². The Morgan fingerprint density at radius 2 is 1.81 bits per heavy atom. The lowest BCUT2D eigenvalue weighted by Crippen LogP contribution is -2.29. The summed E-state index contributed by atoms with van der Waals surface area (Å²) < 4.78 is 12.8. The van der Waals surface area contributed by atoms with E-state index in [1.807, 2.05) is 68.4 Å². The number of benzene rings is 2. The van der Waals surface area contributed by atoms with Crippen LogP contribution >= 0.6 is 12.2 Å². The summed E-state index contributed by atoms with van der Waals surface area (Å²) in [5.41, 5.74) is 6.34. The van der Waals surface area contributed by atoms with Gasteiger partial charge in [-0.1, -0.05) is 25.1 Å². The maximum absolute atomic E-state index is 12.7. The summed E-state index contributed by atoms with van der Waals surface area (Å²) >= 11 is 5.93. The molecule has 0 spiro atoms. The topological polar surface area (TPSA) is 97.7 Å². The summed E-state index contributed by atoms with van der Waals surface area (Å²) in [7, 11) is 2.95. The molecule has 2 aromatic carbocycles. The molecule has 1 fully saturated rings. The van der Waals surface area contributed by atoms with Crippen LogP contribution in [0.15, 0.2) is 72.9 Å². The van der Waals surface area contributed by atoms with Crippen molar-refractivity contribution in [2.24, 2.45) is 0 Å². The third kappa shape index (κ3) is 5.21. The van der Waals surface area contributed by atoms with Crippen LogP contribution in [0.25, 0.3) is 5.69 Å². The minimum Gasteiger partial charge on any atom is -0.494 e. The monoisotopic (exact) mass is 583 g/mol. The maximum Gasteiger partial charge on any atom is 0.339 e. The van der Waals surface area contributed by atoms with Crippen molar-refractivity contribution in [1.29, 1.82) is 0 Å². The Hall–Kier alpha value is -4.70. The van der Waals surface area contributed by atoms with Crippen LogP contribution in [-0.4, -0.2) is 40.8 Å². The average Bonchev–Trinajstić information content (AvgIpc) is 3.51. The number of nitrogens with one attached hydrogen (secondary N) is 2. The highest BCUT2D eigenvalue weighted by molar-refractivity contribution is 7.80. The van der Waals surface area contributed by atoms with E-state index < -0.39 is 5.97 Å². The van der Waals surface area contributed by atoms with Gasteiger partial charge in [-0.15, -0.1) is 0 Å². The first-order valence-electron chi connectivity index (χ1n) is 13.6. The van der Waals surface area contributed by atoms with Crippen molar-refractivity contribution in [1.82, 2.24) is 14.9 Å². The van der Waals surface area contributed by atoms with Crippen LogP contribution in [0.5, 0.6) is 5.75 Å². The smallest absolute Gasteiger partial charge is 0.339 e. The minimum atomic E-state index is -0.404. The molecule has 9 nitrogen and oxygen atoms in total. The molecule has 2 atom stereocenters. The SMILES string of the molecule is CCC(=O)Nc1ccc(N2C(=S)N[C@@H](c3ccccn3)[C@@H]2c2cc(C)n(-c3ccccc3C(=O)OC)c2C)cc1OC. The predicted molar refractivity (Wildman–Crippen MR) is 166 cm³/mol. The van der Waals surface area contributed by atoms with E-state index in [9.17, 15) is 9.59 Å². The summed E-state index contributed by atoms with van der Waals surface area (Å²) in [6, 6.07) is 20.4. The number of ether oxygens (including phenoxy) is 2. The lowest BCUT2D eigenvalue weighted by atomic mass is 9.96. The van der Waals surface area contributed by atoms with E-state index in [4.69, 9.17) is 21.7 Å². The molecule has 1 saturated heterocycles. The lowest BCUT2D eigenvalue weighted by Gasteiger charge is -2.29. The molecule has 0 radical (unpaired) electrons. The van der Waals surface area contributed by atoms with Crippen molar-refractivity contribution in [2.45, 2.75) is 39.3 Å². The van der Waals surface area contributed by atoms with Crippen molar-refractivity contribution in [3.8, 4) is 11.4 Å². The Bertz CT molecular complexity index is 1650. The van der Waals surface area contributed by atoms with E-state index in [-0.39, 0.29) is 18.0 Å². The van der Waals surface area contributed by atoms with Gasteiger partial charge in [0.1, 0.15) is 5.75 Å². The molecule has 2 aromatic heterocycles. The number of pyridine rings is 1. The quantitative estimate of drug-likeness (QED) is 0.198. The number of para-hydroxylation sites is 1. The number of rotatable bonds is 8. The first-order valence-corrected chi connectivity index (χ1v) is 14.0. The number of hydrogen-bond donors (Lipinski definition) is 2. The van der Waals surface area contributed by atoms with Gasteiger partial charge in [0, 0.05) is 35.8 Å². The van der Waals surface area contributed by atoms with Crippen molar-refractivity contribution in [3.63, 3.8) is 0 Å². The first kappa shape index (κ1) is 28.8. The van der Waals surface area contributed by atoms with Crippen LogP contribution in [0.3, 0.4) is 0 Å². The van der Waals surface area contributed by atoms with E-state index in [0.29, 0.717) is 28.5 Å². The van der Waals surface area contributed by atoms with E-state index in [2.05, 4.69) is 31.2 Å². The van der Waals surface area contributed by atoms with Gasteiger partial charge < -0.3 is 29.6 Å². The molecule has 1 amide bonds. The van der Waals surface area contributed by atoms with Crippen LogP contribution in [0.2, 0.25) is 0 Å². The number of carbonyl (C=O) groups is 2. The first-order chi connectivity index (χ1) is 20.3. The zero-order valence-corrected chi connectivity index (χ0v) is 25.0. The van der Waals surface area contributed by atoms with Gasteiger partial charge in [-0.2, -0.15) is 0 Å². The van der Waals surface area contributed by atoms with Gasteiger partial charge in [0.05, 0.1) is 48.9 Å². The molecule has 2 N–H and O–H groups in total. The molecular weight excluding hydrogens is 550 g/mol. The van der Waals surface area contributed by atoms with Gasteiger partial charge in [0.15, 0.2) is 5.11 Å². The number of hydrogen-bond acceptors (Lipinski definition) is 6. The van der Waals surface area contributed by atoms with Gasteiger partial charge in [-0.3, -0.25) is 9.78 Å². The highest BCUT2D eigenvalue weighted by Gasteiger charge is 2.42. The Labute approximate surface area is 250 Å². The number of methoxy groups -OCH3 is 2. The van der Waals surface area contributed by atoms with Crippen LogP contribution in [0, 0.1) is 13.8 Å². The molecule has 4 aromatic rings. The number of amides is 1. The Balaban J connectivity index is 1.67. The summed E-state index contributed by atoms with van der Waals surface area (Å²) in [5, 5.41) is 6.92. The fraction of sp³-hybridized carbons (Fsp3) is 0.250. The third-order valence-electron chi connectivity index (χ3n) is 7.50. The molecule has 10 heteroatoms. The zero-order chi connectivity index (χ0) is 30.0. The molecule has 0 unspecified atom stereocenters. The van der Waals surface area contributed by atoms with E-state index in [0.717, 1.165) is 34.0 Å². The summed E-state index contributed by atoms with van der Waals surface area (Å²) in [6.07, 6.45) is 2.12. The Morgan fingerprint density at radius 1 is 1.05 bits per heavy atom. The molecular formula is C32H33N5O4S. The van der Waals surface area contributed by atoms with Gasteiger partial charge in [0.25, 0.3) is 0 Å². The number of aromatic nitrogens is 2. The largest absolute Gasteiger partial charge is 0.494 e. The Kier molecular flexibility index (Phi) is 8.26. The molecule has 1 aliphatic heterocycles. The number of esters is 1. The second-order valence-corrected chi connectivity index (χ2v) is 10.3. The molecule has 5 rings (SSSR count). The number of anilines is 2. The van der Waals surface area contributed by atoms with Crippen LogP contribution in [0.1, 0.15) is 58.4 Å². The second-order valence-electron chi connectivity index (χ2n) is 9.95. The number of thiocarbonyl (C=S) groups is 1. The summed E-state index contributed by atoms with van der Waals surface area (Å²) in [4.78, 5) is 31.5. The number of nitrogens with zero attached hydrogens (tertiary/aromatic N) is 3. The number of aryl methyl sites for hydroxylation is 1. The molecule has 0 aliphatic carbocycles. The van der Waals surface area contributed by atoms with E-state index in [1.54, 1.807) is 26.3 Å². The van der Waals surface area contributed by atoms with E-state index >= 15 is 0 Å². The van der Waals surface area contributed by atoms with Crippen molar-refractivity contribution >= 4 is 40.6 Å². The molecule has 0 saturated carbocycles. The zero-order valence-electron chi connectivity index (χ0n) is 24.2. The highest BCUT2D eigenvalue weighted by Crippen LogP contribution is 2.45. The van der Waals surface area contributed by atoms with Crippen LogP contribution in [0.4, 0.5) is 11.4 Å². The lowest BCUT2D eigenvalue weighted by molar-refractivity contribution is -0.115. The summed E-state index contributed by atoms with van der Waals surface area (Å²) in [5.74, 6) is 0.0143. The van der Waals surface area contributed by atoms with Gasteiger partial charge in [-0.05, 0) is 74.1 Å². The van der Waals surface area contributed by atoms with Gasteiger partial charge >= 0.3 is 5.97 Å². The molecule has 3 heterocycles. The van der Waals surface area contributed by atoms with Crippen LogP contribution < -0.4 is 20.3 Å². The Morgan fingerprint density at radius 3 is 2.50 bits per heavy atom. The van der Waals surface area contributed by atoms with Gasteiger partial charge in [-0.25, -0.2) is 4.79 Å². The third-order valence-corrected chi connectivity index (χ3v) is 7.81. The van der Waals surface area contributed by atoms with Crippen molar-refractivity contribution in [3.05, 3.63) is 101 Å². The van der Waals surface area contributed by atoms with E-state index in [1.165, 1.54) is 7.11 Å². The fourth-order valence-electron chi connectivity index (χ4n) is 5.53. The molecule has 1 aliphatic rings. The molecule has 216 valence electrons. The molecule has 42 heavy (non-hydrogen) atoms. The van der Waals surface area contributed by atoms with Gasteiger partial charge in [0.2, 0.25) is 5.91 Å². The summed E-state index contributed by atoms with van der Waals surface area (Å²) in [6.45, 7) is 5.85. The number of carbonyl (C=O) groups excluding carboxylic acids is 2. The normalized spacial score (nSPS) is 16.2. The van der Waals surface area contributed by atoms with Crippen molar-refractivity contribution < 1.29 is 19.1 Å².